The highest BCUT2D eigenvalue weighted by atomic mass is 15.2. The van der Waals surface area contributed by atoms with Gasteiger partial charge in [0.1, 0.15) is 0 Å². The predicted octanol–water partition coefficient (Wildman–Crippen LogP) is 1.90. The van der Waals surface area contributed by atoms with E-state index in [1.165, 1.54) is 52.0 Å². The van der Waals surface area contributed by atoms with Crippen molar-refractivity contribution in [2.75, 3.05) is 53.4 Å². The van der Waals surface area contributed by atoms with Crippen LogP contribution in [0.2, 0.25) is 0 Å². The second-order valence-corrected chi connectivity index (χ2v) is 6.47. The Morgan fingerprint density at radius 1 is 1.33 bits per heavy atom. The molecule has 3 heteroatoms. The van der Waals surface area contributed by atoms with E-state index in [9.17, 15) is 0 Å². The van der Waals surface area contributed by atoms with E-state index < -0.39 is 0 Å². The van der Waals surface area contributed by atoms with Crippen LogP contribution >= 0.6 is 0 Å². The molecule has 0 aromatic rings. The van der Waals surface area contributed by atoms with Crippen molar-refractivity contribution in [3.8, 4) is 0 Å². The van der Waals surface area contributed by atoms with E-state index in [1.54, 1.807) is 0 Å². The molecule has 0 spiro atoms. The first kappa shape index (κ1) is 15.9. The molecule has 0 aromatic carbocycles. The van der Waals surface area contributed by atoms with Gasteiger partial charge in [0.15, 0.2) is 0 Å². The fourth-order valence-corrected chi connectivity index (χ4v) is 2.74. The Morgan fingerprint density at radius 2 is 2.11 bits per heavy atom. The van der Waals surface area contributed by atoms with Crippen LogP contribution in [0, 0.1) is 11.8 Å². The first-order valence-corrected chi connectivity index (χ1v) is 7.65. The molecule has 1 N–H and O–H groups in total. The molecule has 0 radical (unpaired) electrons. The maximum absolute atomic E-state index is 3.55. The highest BCUT2D eigenvalue weighted by molar-refractivity contribution is 4.75. The standard InChI is InChI=1S/C15H33N3/c1-14(2)6-5-8-16-9-11-18(4)13-15-7-10-17(3)12-15/h14-16H,5-13H2,1-4H3. The molecule has 1 unspecified atom stereocenters. The lowest BCUT2D eigenvalue weighted by Crippen LogP contribution is -2.33. The molecule has 1 aliphatic heterocycles. The van der Waals surface area contributed by atoms with Crippen LogP contribution in [-0.4, -0.2) is 63.2 Å². The molecule has 1 rings (SSSR count). The van der Waals surface area contributed by atoms with E-state index in [0.717, 1.165) is 18.4 Å². The molecule has 0 aromatic heterocycles. The van der Waals surface area contributed by atoms with Crippen LogP contribution in [0.15, 0.2) is 0 Å². The van der Waals surface area contributed by atoms with Gasteiger partial charge in [0.2, 0.25) is 0 Å². The average molecular weight is 255 g/mol. The summed E-state index contributed by atoms with van der Waals surface area (Å²) in [5.74, 6) is 1.73. The third-order valence-corrected chi connectivity index (χ3v) is 3.86. The maximum atomic E-state index is 3.55. The smallest absolute Gasteiger partial charge is 0.0104 e. The van der Waals surface area contributed by atoms with Gasteiger partial charge in [-0.05, 0) is 58.3 Å². The zero-order chi connectivity index (χ0) is 13.4. The summed E-state index contributed by atoms with van der Waals surface area (Å²) in [5.41, 5.74) is 0. The Kier molecular flexibility index (Phi) is 7.87. The van der Waals surface area contributed by atoms with Crippen LogP contribution in [0.4, 0.5) is 0 Å². The zero-order valence-corrected chi connectivity index (χ0v) is 12.9. The second-order valence-electron chi connectivity index (χ2n) is 6.47. The minimum absolute atomic E-state index is 0.842. The summed E-state index contributed by atoms with van der Waals surface area (Å²) in [4.78, 5) is 4.93. The molecule has 0 saturated carbocycles. The number of hydrogen-bond donors (Lipinski definition) is 1. The molecule has 0 aliphatic carbocycles. The number of rotatable bonds is 9. The quantitative estimate of drug-likeness (QED) is 0.635. The van der Waals surface area contributed by atoms with Gasteiger partial charge in [-0.3, -0.25) is 0 Å². The van der Waals surface area contributed by atoms with Gasteiger partial charge >= 0.3 is 0 Å². The molecular weight excluding hydrogens is 222 g/mol. The lowest BCUT2D eigenvalue weighted by atomic mass is 10.1. The van der Waals surface area contributed by atoms with Crippen LogP contribution in [0.25, 0.3) is 0 Å². The van der Waals surface area contributed by atoms with E-state index in [1.807, 2.05) is 0 Å². The molecule has 1 aliphatic rings. The molecule has 108 valence electrons. The summed E-state index contributed by atoms with van der Waals surface area (Å²) < 4.78 is 0. The molecule has 1 saturated heterocycles. The predicted molar refractivity (Wildman–Crippen MR) is 80.0 cm³/mol. The molecule has 0 bridgehead atoms. The number of nitrogens with one attached hydrogen (secondary N) is 1. The SMILES string of the molecule is CC(C)CCCNCCN(C)CC1CCN(C)C1. The Hall–Kier alpha value is -0.120. The van der Waals surface area contributed by atoms with Crippen molar-refractivity contribution < 1.29 is 0 Å². The fraction of sp³-hybridized carbons (Fsp3) is 1.00. The minimum atomic E-state index is 0.842. The van der Waals surface area contributed by atoms with Crippen molar-refractivity contribution in [3.05, 3.63) is 0 Å². The second kappa shape index (κ2) is 8.89. The Morgan fingerprint density at radius 3 is 2.72 bits per heavy atom. The number of hydrogen-bond acceptors (Lipinski definition) is 3. The van der Waals surface area contributed by atoms with Crippen LogP contribution < -0.4 is 5.32 Å². The van der Waals surface area contributed by atoms with E-state index in [0.29, 0.717) is 0 Å². The van der Waals surface area contributed by atoms with Crippen molar-refractivity contribution in [3.63, 3.8) is 0 Å². The molecule has 1 fully saturated rings. The van der Waals surface area contributed by atoms with Gasteiger partial charge in [-0.2, -0.15) is 0 Å². The third-order valence-electron chi connectivity index (χ3n) is 3.86. The van der Waals surface area contributed by atoms with Crippen LogP contribution in [0.5, 0.6) is 0 Å². The number of likely N-dealkylation sites (N-methyl/N-ethyl adjacent to an activating group) is 1. The van der Waals surface area contributed by atoms with Crippen LogP contribution in [-0.2, 0) is 0 Å². The normalized spacial score (nSPS) is 21.3. The van der Waals surface area contributed by atoms with E-state index in [2.05, 4.69) is 43.1 Å². The van der Waals surface area contributed by atoms with Crippen LogP contribution in [0.3, 0.4) is 0 Å². The molecule has 18 heavy (non-hydrogen) atoms. The van der Waals surface area contributed by atoms with E-state index in [4.69, 9.17) is 0 Å². The molecular formula is C15H33N3. The molecule has 1 heterocycles. The molecule has 0 amide bonds. The number of nitrogens with zero attached hydrogens (tertiary/aromatic N) is 2. The maximum Gasteiger partial charge on any atom is 0.0104 e. The minimum Gasteiger partial charge on any atom is -0.315 e. The van der Waals surface area contributed by atoms with Gasteiger partial charge in [0, 0.05) is 26.2 Å². The van der Waals surface area contributed by atoms with E-state index >= 15 is 0 Å². The van der Waals surface area contributed by atoms with Gasteiger partial charge in [-0.1, -0.05) is 13.8 Å². The number of likely N-dealkylation sites (tertiary alicyclic amines) is 1. The van der Waals surface area contributed by atoms with Gasteiger partial charge in [0.25, 0.3) is 0 Å². The van der Waals surface area contributed by atoms with Crippen molar-refractivity contribution in [1.82, 2.24) is 15.1 Å². The Bertz CT molecular complexity index is 206. The Balaban J connectivity index is 1.92. The van der Waals surface area contributed by atoms with E-state index in [-0.39, 0.29) is 0 Å². The third kappa shape index (κ3) is 7.34. The summed E-state index contributed by atoms with van der Waals surface area (Å²) in [6.07, 6.45) is 4.04. The fourth-order valence-electron chi connectivity index (χ4n) is 2.74. The first-order chi connectivity index (χ1) is 8.58. The lowest BCUT2D eigenvalue weighted by Gasteiger charge is -2.21. The highest BCUT2D eigenvalue weighted by Gasteiger charge is 2.20. The molecule has 3 nitrogen and oxygen atoms in total. The van der Waals surface area contributed by atoms with Crippen molar-refractivity contribution in [2.24, 2.45) is 11.8 Å². The topological polar surface area (TPSA) is 18.5 Å². The average Bonchev–Trinajstić information content (AvgIpc) is 2.68. The lowest BCUT2D eigenvalue weighted by molar-refractivity contribution is 0.273. The summed E-state index contributed by atoms with van der Waals surface area (Å²) in [6, 6.07) is 0. The van der Waals surface area contributed by atoms with Gasteiger partial charge in [-0.15, -0.1) is 0 Å². The summed E-state index contributed by atoms with van der Waals surface area (Å²) in [5, 5.41) is 3.55. The van der Waals surface area contributed by atoms with Crippen LogP contribution in [0.1, 0.15) is 33.1 Å². The summed E-state index contributed by atoms with van der Waals surface area (Å²) in [6.45, 7) is 11.9. The first-order valence-electron chi connectivity index (χ1n) is 7.65. The van der Waals surface area contributed by atoms with Crippen molar-refractivity contribution >= 4 is 0 Å². The summed E-state index contributed by atoms with van der Waals surface area (Å²) in [7, 11) is 4.49. The monoisotopic (exact) mass is 255 g/mol. The van der Waals surface area contributed by atoms with Gasteiger partial charge in [0.05, 0.1) is 0 Å². The van der Waals surface area contributed by atoms with Crippen molar-refractivity contribution in [2.45, 2.75) is 33.1 Å². The molecule has 1 atom stereocenters. The van der Waals surface area contributed by atoms with Crippen molar-refractivity contribution in [1.29, 1.82) is 0 Å². The zero-order valence-electron chi connectivity index (χ0n) is 12.9. The largest absolute Gasteiger partial charge is 0.315 e. The van der Waals surface area contributed by atoms with Gasteiger partial charge < -0.3 is 15.1 Å². The summed E-state index contributed by atoms with van der Waals surface area (Å²) >= 11 is 0. The van der Waals surface area contributed by atoms with Gasteiger partial charge in [-0.25, -0.2) is 0 Å². The highest BCUT2D eigenvalue weighted by Crippen LogP contribution is 2.14. The Labute approximate surface area is 114 Å².